The Morgan fingerprint density at radius 2 is 2.12 bits per heavy atom. The van der Waals surface area contributed by atoms with Gasteiger partial charge in [0.1, 0.15) is 0 Å². The Labute approximate surface area is 99.1 Å². The number of nitrogens with zero attached hydrogens (tertiary/aromatic N) is 3. The van der Waals surface area contributed by atoms with E-state index in [0.717, 1.165) is 23.4 Å². The van der Waals surface area contributed by atoms with Crippen LogP contribution in [0.1, 0.15) is 25.2 Å². The molecule has 0 aliphatic heterocycles. The third kappa shape index (κ3) is 1.71. The van der Waals surface area contributed by atoms with Crippen molar-refractivity contribution < 1.29 is 0 Å². The van der Waals surface area contributed by atoms with Crippen molar-refractivity contribution in [3.63, 3.8) is 0 Å². The SMILES string of the molecule is CCc1nn(C)c(CC)c1-c1cnc(N)s1. The topological polar surface area (TPSA) is 56.7 Å². The maximum atomic E-state index is 5.69. The third-order valence-corrected chi connectivity index (χ3v) is 3.52. The van der Waals surface area contributed by atoms with E-state index in [-0.39, 0.29) is 0 Å². The first-order valence-corrected chi connectivity index (χ1v) is 6.25. The lowest BCUT2D eigenvalue weighted by atomic mass is 10.1. The van der Waals surface area contributed by atoms with Crippen molar-refractivity contribution in [3.8, 4) is 10.4 Å². The second kappa shape index (κ2) is 4.25. The smallest absolute Gasteiger partial charge is 0.180 e. The fourth-order valence-electron chi connectivity index (χ4n) is 1.96. The Morgan fingerprint density at radius 3 is 2.62 bits per heavy atom. The van der Waals surface area contributed by atoms with Crippen molar-refractivity contribution in [2.24, 2.45) is 7.05 Å². The summed E-state index contributed by atoms with van der Waals surface area (Å²) < 4.78 is 1.96. The summed E-state index contributed by atoms with van der Waals surface area (Å²) in [6, 6.07) is 0. The molecule has 2 N–H and O–H groups in total. The third-order valence-electron chi connectivity index (χ3n) is 2.68. The molecule has 4 nitrogen and oxygen atoms in total. The van der Waals surface area contributed by atoms with Crippen LogP contribution in [-0.4, -0.2) is 14.8 Å². The minimum atomic E-state index is 0.614. The van der Waals surface area contributed by atoms with Gasteiger partial charge in [-0.15, -0.1) is 0 Å². The molecule has 5 heteroatoms. The molecule has 0 atom stereocenters. The molecule has 2 aromatic rings. The molecular formula is C11H16N4S. The van der Waals surface area contributed by atoms with E-state index in [1.165, 1.54) is 22.6 Å². The summed E-state index contributed by atoms with van der Waals surface area (Å²) in [4.78, 5) is 5.24. The number of aromatic nitrogens is 3. The van der Waals surface area contributed by atoms with Crippen molar-refractivity contribution >= 4 is 16.5 Å². The highest BCUT2D eigenvalue weighted by Crippen LogP contribution is 2.33. The highest BCUT2D eigenvalue weighted by atomic mass is 32.1. The van der Waals surface area contributed by atoms with E-state index < -0.39 is 0 Å². The van der Waals surface area contributed by atoms with Crippen LogP contribution in [0.3, 0.4) is 0 Å². The van der Waals surface area contributed by atoms with Crippen LogP contribution in [0.25, 0.3) is 10.4 Å². The van der Waals surface area contributed by atoms with Gasteiger partial charge in [0, 0.05) is 24.5 Å². The van der Waals surface area contributed by atoms with Crippen LogP contribution in [-0.2, 0) is 19.9 Å². The van der Waals surface area contributed by atoms with Crippen LogP contribution in [0, 0.1) is 0 Å². The van der Waals surface area contributed by atoms with Gasteiger partial charge in [-0.2, -0.15) is 5.10 Å². The number of rotatable bonds is 3. The first kappa shape index (κ1) is 11.1. The quantitative estimate of drug-likeness (QED) is 0.889. The summed E-state index contributed by atoms with van der Waals surface area (Å²) in [6.07, 6.45) is 3.74. The average molecular weight is 236 g/mol. The summed E-state index contributed by atoms with van der Waals surface area (Å²) in [5.74, 6) is 0. The molecule has 2 aromatic heterocycles. The van der Waals surface area contributed by atoms with Gasteiger partial charge < -0.3 is 5.73 Å². The van der Waals surface area contributed by atoms with E-state index >= 15 is 0 Å². The predicted octanol–water partition coefficient (Wildman–Crippen LogP) is 2.25. The zero-order chi connectivity index (χ0) is 11.7. The molecule has 0 saturated heterocycles. The van der Waals surface area contributed by atoms with Gasteiger partial charge in [0.2, 0.25) is 0 Å². The number of aryl methyl sites for hydroxylation is 2. The second-order valence-corrected chi connectivity index (χ2v) is 4.72. The monoisotopic (exact) mass is 236 g/mol. The largest absolute Gasteiger partial charge is 0.375 e. The maximum absolute atomic E-state index is 5.69. The van der Waals surface area contributed by atoms with Crippen LogP contribution < -0.4 is 5.73 Å². The maximum Gasteiger partial charge on any atom is 0.180 e. The first-order chi connectivity index (χ1) is 7.67. The Kier molecular flexibility index (Phi) is 2.96. The lowest BCUT2D eigenvalue weighted by Gasteiger charge is -2.01. The van der Waals surface area contributed by atoms with E-state index in [2.05, 4.69) is 23.9 Å². The minimum Gasteiger partial charge on any atom is -0.375 e. The standard InChI is InChI=1S/C11H16N4S/c1-4-7-10(8(5-2)15(3)14-7)9-6-13-11(12)16-9/h6H,4-5H2,1-3H3,(H2,12,13). The Bertz CT molecular complexity index is 498. The Balaban J connectivity index is 2.61. The van der Waals surface area contributed by atoms with Gasteiger partial charge in [-0.1, -0.05) is 25.2 Å². The number of anilines is 1. The Morgan fingerprint density at radius 1 is 1.38 bits per heavy atom. The molecular weight excluding hydrogens is 220 g/mol. The van der Waals surface area contributed by atoms with Crippen molar-refractivity contribution in [3.05, 3.63) is 17.6 Å². The number of hydrogen-bond acceptors (Lipinski definition) is 4. The van der Waals surface area contributed by atoms with E-state index in [0.29, 0.717) is 5.13 Å². The Hall–Kier alpha value is -1.36. The lowest BCUT2D eigenvalue weighted by Crippen LogP contribution is -1.96. The molecule has 0 bridgehead atoms. The first-order valence-electron chi connectivity index (χ1n) is 5.43. The summed E-state index contributed by atoms with van der Waals surface area (Å²) in [5.41, 5.74) is 9.29. The van der Waals surface area contributed by atoms with Crippen molar-refractivity contribution in [1.82, 2.24) is 14.8 Å². The normalized spacial score (nSPS) is 10.9. The van der Waals surface area contributed by atoms with Crippen LogP contribution in [0.2, 0.25) is 0 Å². The highest BCUT2D eigenvalue weighted by Gasteiger charge is 2.17. The number of nitrogens with two attached hydrogens (primary N) is 1. The molecule has 2 rings (SSSR count). The van der Waals surface area contributed by atoms with Gasteiger partial charge in [0.25, 0.3) is 0 Å². The van der Waals surface area contributed by atoms with Crippen molar-refractivity contribution in [2.45, 2.75) is 26.7 Å². The summed E-state index contributed by atoms with van der Waals surface area (Å²) >= 11 is 1.53. The van der Waals surface area contributed by atoms with Crippen LogP contribution in [0.4, 0.5) is 5.13 Å². The fraction of sp³-hybridized carbons (Fsp3) is 0.455. The lowest BCUT2D eigenvalue weighted by molar-refractivity contribution is 0.705. The van der Waals surface area contributed by atoms with Crippen molar-refractivity contribution in [2.75, 3.05) is 5.73 Å². The molecule has 0 saturated carbocycles. The van der Waals surface area contributed by atoms with Gasteiger partial charge in [0.15, 0.2) is 5.13 Å². The molecule has 2 heterocycles. The number of nitrogen functional groups attached to an aromatic ring is 1. The number of hydrogen-bond donors (Lipinski definition) is 1. The summed E-state index contributed by atoms with van der Waals surface area (Å²) in [7, 11) is 1.99. The van der Waals surface area contributed by atoms with E-state index in [1.807, 2.05) is 17.9 Å². The van der Waals surface area contributed by atoms with Gasteiger partial charge in [0.05, 0.1) is 10.6 Å². The highest BCUT2D eigenvalue weighted by molar-refractivity contribution is 7.18. The second-order valence-electron chi connectivity index (χ2n) is 3.66. The molecule has 86 valence electrons. The van der Waals surface area contributed by atoms with Crippen molar-refractivity contribution in [1.29, 1.82) is 0 Å². The van der Waals surface area contributed by atoms with Crippen LogP contribution in [0.15, 0.2) is 6.20 Å². The van der Waals surface area contributed by atoms with Gasteiger partial charge >= 0.3 is 0 Å². The molecule has 0 aliphatic carbocycles. The molecule has 0 spiro atoms. The predicted molar refractivity (Wildman–Crippen MR) is 67.5 cm³/mol. The fourth-order valence-corrected chi connectivity index (χ4v) is 2.73. The molecule has 16 heavy (non-hydrogen) atoms. The van der Waals surface area contributed by atoms with E-state index in [9.17, 15) is 0 Å². The average Bonchev–Trinajstić information content (AvgIpc) is 2.81. The summed E-state index contributed by atoms with van der Waals surface area (Å²) in [6.45, 7) is 4.26. The van der Waals surface area contributed by atoms with Gasteiger partial charge in [-0.3, -0.25) is 4.68 Å². The molecule has 0 aromatic carbocycles. The van der Waals surface area contributed by atoms with Crippen LogP contribution >= 0.6 is 11.3 Å². The molecule has 0 unspecified atom stereocenters. The molecule has 0 fully saturated rings. The van der Waals surface area contributed by atoms with Crippen LogP contribution in [0.5, 0.6) is 0 Å². The summed E-state index contributed by atoms with van der Waals surface area (Å²) in [5, 5.41) is 5.15. The van der Waals surface area contributed by atoms with Gasteiger partial charge in [-0.25, -0.2) is 4.98 Å². The minimum absolute atomic E-state index is 0.614. The zero-order valence-electron chi connectivity index (χ0n) is 9.82. The molecule has 0 amide bonds. The molecule has 0 aliphatic rings. The van der Waals surface area contributed by atoms with E-state index in [4.69, 9.17) is 5.73 Å². The van der Waals surface area contributed by atoms with E-state index in [1.54, 1.807) is 0 Å². The van der Waals surface area contributed by atoms with Gasteiger partial charge in [-0.05, 0) is 12.8 Å². The number of thiazole rings is 1. The molecule has 0 radical (unpaired) electrons. The zero-order valence-corrected chi connectivity index (χ0v) is 10.6.